The molecule has 22 heavy (non-hydrogen) atoms. The summed E-state index contributed by atoms with van der Waals surface area (Å²) in [4.78, 5) is 0. The number of halogens is 1. The Hall–Kier alpha value is -2.76. The molecule has 0 radical (unpaired) electrons. The molecule has 0 saturated heterocycles. The zero-order valence-corrected chi connectivity index (χ0v) is 11.7. The number of hydrogen-bond acceptors (Lipinski definition) is 4. The molecule has 1 aromatic heterocycles. The van der Waals surface area contributed by atoms with E-state index in [0.717, 1.165) is 41.7 Å². The van der Waals surface area contributed by atoms with E-state index in [2.05, 4.69) is 20.6 Å². The van der Waals surface area contributed by atoms with Crippen molar-refractivity contribution >= 4 is 0 Å². The van der Waals surface area contributed by atoms with E-state index >= 15 is 0 Å². The first-order valence-electron chi connectivity index (χ1n) is 7.13. The first-order chi connectivity index (χ1) is 10.8. The number of fused-ring (bicyclic) bond motifs is 1. The molecule has 6 heteroatoms. The van der Waals surface area contributed by atoms with Crippen molar-refractivity contribution in [3.05, 3.63) is 53.3 Å². The highest BCUT2D eigenvalue weighted by molar-refractivity contribution is 5.55. The second-order valence-corrected chi connectivity index (χ2v) is 5.22. The Morgan fingerprint density at radius 3 is 2.59 bits per heavy atom. The second kappa shape index (κ2) is 5.22. The number of tetrazole rings is 1. The molecule has 5 nitrogen and oxygen atoms in total. The number of rotatable bonds is 3. The molecule has 0 unspecified atom stereocenters. The largest absolute Gasteiger partial charge is 0.457 e. The molecule has 0 aliphatic heterocycles. The Morgan fingerprint density at radius 1 is 1.00 bits per heavy atom. The standard InChI is InChI=1S/C16H13FN4O/c17-14-8-9-15(13-3-1-2-12(13)14)22-11-6-4-10(5-7-11)16-18-20-21-19-16/h4-9H,1-3H2,(H,18,19,20,21). The molecule has 4 rings (SSSR count). The molecule has 2 aromatic carbocycles. The summed E-state index contributed by atoms with van der Waals surface area (Å²) in [6.45, 7) is 0. The molecule has 0 saturated carbocycles. The minimum atomic E-state index is -0.132. The summed E-state index contributed by atoms with van der Waals surface area (Å²) in [6, 6.07) is 10.6. The van der Waals surface area contributed by atoms with Crippen LogP contribution in [0.25, 0.3) is 11.4 Å². The lowest BCUT2D eigenvalue weighted by atomic mass is 10.1. The van der Waals surface area contributed by atoms with E-state index in [1.807, 2.05) is 24.3 Å². The molecule has 110 valence electrons. The SMILES string of the molecule is Fc1ccc(Oc2ccc(-c3nn[nH]n3)cc2)c2c1CCC2. The van der Waals surface area contributed by atoms with Gasteiger partial charge in [0.05, 0.1) is 0 Å². The van der Waals surface area contributed by atoms with Gasteiger partial charge in [0.15, 0.2) is 0 Å². The van der Waals surface area contributed by atoms with Crippen molar-refractivity contribution in [3.8, 4) is 22.9 Å². The first kappa shape index (κ1) is 12.9. The Labute approximate surface area is 126 Å². The summed E-state index contributed by atoms with van der Waals surface area (Å²) in [7, 11) is 0. The minimum absolute atomic E-state index is 0.132. The van der Waals surface area contributed by atoms with Gasteiger partial charge in [0.25, 0.3) is 0 Å². The lowest BCUT2D eigenvalue weighted by Crippen LogP contribution is -1.94. The van der Waals surface area contributed by atoms with Crippen molar-refractivity contribution < 1.29 is 9.13 Å². The summed E-state index contributed by atoms with van der Waals surface area (Å²) >= 11 is 0. The summed E-state index contributed by atoms with van der Waals surface area (Å²) in [5, 5.41) is 13.8. The zero-order valence-electron chi connectivity index (χ0n) is 11.7. The van der Waals surface area contributed by atoms with Crippen LogP contribution in [0, 0.1) is 5.82 Å². The van der Waals surface area contributed by atoms with Crippen LogP contribution in [0.3, 0.4) is 0 Å². The van der Waals surface area contributed by atoms with E-state index in [-0.39, 0.29) is 5.82 Å². The fourth-order valence-corrected chi connectivity index (χ4v) is 2.81. The van der Waals surface area contributed by atoms with Gasteiger partial charge in [-0.2, -0.15) is 5.21 Å². The van der Waals surface area contributed by atoms with E-state index < -0.39 is 0 Å². The monoisotopic (exact) mass is 296 g/mol. The van der Waals surface area contributed by atoms with Crippen molar-refractivity contribution in [1.29, 1.82) is 0 Å². The molecule has 0 amide bonds. The molecule has 0 bridgehead atoms. The van der Waals surface area contributed by atoms with Crippen molar-refractivity contribution in [2.75, 3.05) is 0 Å². The summed E-state index contributed by atoms with van der Waals surface area (Å²) in [5.41, 5.74) is 2.63. The van der Waals surface area contributed by atoms with Crippen LogP contribution in [0.5, 0.6) is 11.5 Å². The second-order valence-electron chi connectivity index (χ2n) is 5.22. The molecular weight excluding hydrogens is 283 g/mol. The van der Waals surface area contributed by atoms with E-state index in [1.54, 1.807) is 6.07 Å². The van der Waals surface area contributed by atoms with Crippen LogP contribution in [-0.4, -0.2) is 20.6 Å². The Kier molecular flexibility index (Phi) is 3.07. The average Bonchev–Trinajstić information content (AvgIpc) is 3.22. The molecule has 1 N–H and O–H groups in total. The number of aromatic nitrogens is 4. The first-order valence-corrected chi connectivity index (χ1v) is 7.13. The number of H-pyrrole nitrogens is 1. The van der Waals surface area contributed by atoms with Crippen LogP contribution in [0.4, 0.5) is 4.39 Å². The van der Waals surface area contributed by atoms with Gasteiger partial charge in [-0.25, -0.2) is 4.39 Å². The highest BCUT2D eigenvalue weighted by Gasteiger charge is 2.20. The van der Waals surface area contributed by atoms with Crippen molar-refractivity contribution in [2.45, 2.75) is 19.3 Å². The number of nitrogens with zero attached hydrogens (tertiary/aromatic N) is 3. The molecule has 1 heterocycles. The number of hydrogen-bond donors (Lipinski definition) is 1. The predicted octanol–water partition coefficient (Wildman–Crippen LogP) is 3.29. The van der Waals surface area contributed by atoms with Gasteiger partial charge in [-0.1, -0.05) is 0 Å². The summed E-state index contributed by atoms with van der Waals surface area (Å²) in [6.07, 6.45) is 2.63. The molecule has 3 aromatic rings. The van der Waals surface area contributed by atoms with Crippen LogP contribution < -0.4 is 4.74 Å². The topological polar surface area (TPSA) is 63.7 Å². The summed E-state index contributed by atoms with van der Waals surface area (Å²) < 4.78 is 19.7. The van der Waals surface area contributed by atoms with Crippen molar-refractivity contribution in [1.82, 2.24) is 20.6 Å². The number of aromatic amines is 1. The zero-order chi connectivity index (χ0) is 14.9. The maximum atomic E-state index is 13.7. The number of ether oxygens (including phenoxy) is 1. The Balaban J connectivity index is 1.61. The van der Waals surface area contributed by atoms with Crippen LogP contribution in [0.2, 0.25) is 0 Å². The van der Waals surface area contributed by atoms with Gasteiger partial charge in [-0.05, 0) is 66.4 Å². The minimum Gasteiger partial charge on any atom is -0.457 e. The molecular formula is C16H13FN4O. The van der Waals surface area contributed by atoms with Crippen LogP contribution >= 0.6 is 0 Å². The quantitative estimate of drug-likeness (QED) is 0.805. The van der Waals surface area contributed by atoms with Crippen LogP contribution in [0.1, 0.15) is 17.5 Å². The van der Waals surface area contributed by atoms with Gasteiger partial charge in [-0.3, -0.25) is 0 Å². The van der Waals surface area contributed by atoms with Gasteiger partial charge < -0.3 is 4.74 Å². The number of benzene rings is 2. The maximum Gasteiger partial charge on any atom is 0.204 e. The van der Waals surface area contributed by atoms with E-state index in [1.165, 1.54) is 6.07 Å². The van der Waals surface area contributed by atoms with Gasteiger partial charge in [0.2, 0.25) is 5.82 Å². The molecule has 0 atom stereocenters. The lowest BCUT2D eigenvalue weighted by Gasteiger charge is -2.11. The van der Waals surface area contributed by atoms with Gasteiger partial charge in [0.1, 0.15) is 17.3 Å². The lowest BCUT2D eigenvalue weighted by molar-refractivity contribution is 0.474. The molecule has 1 aliphatic carbocycles. The maximum absolute atomic E-state index is 13.7. The van der Waals surface area contributed by atoms with Gasteiger partial charge in [-0.15, -0.1) is 10.2 Å². The van der Waals surface area contributed by atoms with E-state index in [4.69, 9.17) is 4.74 Å². The third-order valence-electron chi connectivity index (χ3n) is 3.87. The molecule has 0 spiro atoms. The molecule has 0 fully saturated rings. The van der Waals surface area contributed by atoms with Gasteiger partial charge >= 0.3 is 0 Å². The summed E-state index contributed by atoms with van der Waals surface area (Å²) in [5.74, 6) is 1.84. The van der Waals surface area contributed by atoms with Crippen LogP contribution in [0.15, 0.2) is 36.4 Å². The Morgan fingerprint density at radius 2 is 1.82 bits per heavy atom. The van der Waals surface area contributed by atoms with E-state index in [0.29, 0.717) is 11.6 Å². The molecule has 1 aliphatic rings. The average molecular weight is 296 g/mol. The normalized spacial score (nSPS) is 13.1. The fraction of sp³-hybridized carbons (Fsp3) is 0.188. The predicted molar refractivity (Wildman–Crippen MR) is 78.1 cm³/mol. The highest BCUT2D eigenvalue weighted by Crippen LogP contribution is 2.35. The smallest absolute Gasteiger partial charge is 0.204 e. The number of nitrogens with one attached hydrogen (secondary N) is 1. The van der Waals surface area contributed by atoms with Crippen molar-refractivity contribution in [2.24, 2.45) is 0 Å². The Bertz CT molecular complexity index is 800. The third-order valence-corrected chi connectivity index (χ3v) is 3.87. The van der Waals surface area contributed by atoms with Crippen LogP contribution in [-0.2, 0) is 12.8 Å². The van der Waals surface area contributed by atoms with E-state index in [9.17, 15) is 4.39 Å². The highest BCUT2D eigenvalue weighted by atomic mass is 19.1. The third kappa shape index (κ3) is 2.22. The van der Waals surface area contributed by atoms with Gasteiger partial charge in [0, 0.05) is 11.1 Å². The fourth-order valence-electron chi connectivity index (χ4n) is 2.81. The van der Waals surface area contributed by atoms with Crippen molar-refractivity contribution in [3.63, 3.8) is 0 Å².